The van der Waals surface area contributed by atoms with E-state index in [0.29, 0.717) is 12.3 Å². The van der Waals surface area contributed by atoms with Crippen LogP contribution >= 0.6 is 23.2 Å². The molecule has 0 aliphatic carbocycles. The van der Waals surface area contributed by atoms with Crippen molar-refractivity contribution in [3.8, 4) is 0 Å². The van der Waals surface area contributed by atoms with E-state index in [9.17, 15) is 14.9 Å². The Morgan fingerprint density at radius 3 is 2.63 bits per heavy atom. The van der Waals surface area contributed by atoms with Crippen LogP contribution in [-0.2, 0) is 0 Å². The van der Waals surface area contributed by atoms with Crippen LogP contribution in [-0.4, -0.2) is 22.2 Å². The second-order valence-electron chi connectivity index (χ2n) is 4.67. The first-order valence-electron chi connectivity index (χ1n) is 5.60. The normalized spacial score (nSPS) is 11.2. The summed E-state index contributed by atoms with van der Waals surface area (Å²) in [5.41, 5.74) is -1.00. The number of halogens is 2. The first-order chi connectivity index (χ1) is 8.78. The predicted molar refractivity (Wildman–Crippen MR) is 75.0 cm³/mol. The first-order valence-corrected chi connectivity index (χ1v) is 6.51. The second kappa shape index (κ2) is 6.21. The molecular weight excluding hydrogens is 291 g/mol. The third kappa shape index (κ3) is 4.08. The van der Waals surface area contributed by atoms with Gasteiger partial charge in [0.2, 0.25) is 0 Å². The molecular formula is C12H14Cl2N2O3. The van der Waals surface area contributed by atoms with Gasteiger partial charge in [0.05, 0.1) is 9.95 Å². The third-order valence-electron chi connectivity index (χ3n) is 2.59. The highest BCUT2D eigenvalue weighted by Gasteiger charge is 2.27. The molecule has 0 radical (unpaired) electrons. The van der Waals surface area contributed by atoms with Gasteiger partial charge in [0, 0.05) is 17.5 Å². The number of alkyl halides is 1. The van der Waals surface area contributed by atoms with E-state index >= 15 is 0 Å². The molecule has 0 aliphatic heterocycles. The molecule has 7 heteroatoms. The smallest absolute Gasteiger partial charge is 0.283 e. The van der Waals surface area contributed by atoms with Gasteiger partial charge >= 0.3 is 0 Å². The summed E-state index contributed by atoms with van der Waals surface area (Å²) < 4.78 is 0. The zero-order valence-electron chi connectivity index (χ0n) is 10.6. The average molecular weight is 305 g/mol. The molecule has 0 saturated heterocycles. The Labute approximate surface area is 121 Å². The number of carbonyl (C=O) groups is 1. The number of nitrogens with one attached hydrogen (secondary N) is 1. The number of hydrogen-bond donors (Lipinski definition) is 1. The molecule has 0 atom stereocenters. The molecule has 104 valence electrons. The molecule has 5 nitrogen and oxygen atoms in total. The summed E-state index contributed by atoms with van der Waals surface area (Å²) in [4.78, 5) is 22.4. The number of hydrogen-bond acceptors (Lipinski definition) is 3. The molecule has 0 unspecified atom stereocenters. The van der Waals surface area contributed by atoms with E-state index in [0.717, 1.165) is 0 Å². The van der Waals surface area contributed by atoms with Gasteiger partial charge in [-0.3, -0.25) is 14.9 Å². The van der Waals surface area contributed by atoms with Crippen molar-refractivity contribution in [2.45, 2.75) is 25.8 Å². The molecule has 19 heavy (non-hydrogen) atoms. The standard InChI is InChI=1S/C12H14Cl2N2O3/c1-12(2,6-7-13)15-11(17)10-8(14)4-3-5-9(10)16(18)19/h3-5H,6-7H2,1-2H3,(H,15,17). The maximum Gasteiger partial charge on any atom is 0.283 e. The van der Waals surface area contributed by atoms with Crippen molar-refractivity contribution >= 4 is 34.8 Å². The largest absolute Gasteiger partial charge is 0.347 e. The van der Waals surface area contributed by atoms with Crippen LogP contribution in [0.4, 0.5) is 5.69 Å². The van der Waals surface area contributed by atoms with Crippen LogP contribution in [0.15, 0.2) is 18.2 Å². The monoisotopic (exact) mass is 304 g/mol. The van der Waals surface area contributed by atoms with E-state index in [1.807, 2.05) is 0 Å². The Balaban J connectivity index is 3.10. The lowest BCUT2D eigenvalue weighted by molar-refractivity contribution is -0.385. The highest BCUT2D eigenvalue weighted by Crippen LogP contribution is 2.26. The molecule has 1 aromatic carbocycles. The van der Waals surface area contributed by atoms with E-state index in [1.165, 1.54) is 18.2 Å². The molecule has 0 bridgehead atoms. The van der Waals surface area contributed by atoms with Gasteiger partial charge in [-0.2, -0.15) is 0 Å². The summed E-state index contributed by atoms with van der Waals surface area (Å²) in [6, 6.07) is 4.12. The van der Waals surface area contributed by atoms with Crippen LogP contribution in [0.5, 0.6) is 0 Å². The first kappa shape index (κ1) is 15.7. The van der Waals surface area contributed by atoms with Gasteiger partial charge in [0.1, 0.15) is 5.56 Å². The van der Waals surface area contributed by atoms with Gasteiger partial charge in [-0.15, -0.1) is 11.6 Å². The molecule has 0 spiro atoms. The Morgan fingerprint density at radius 1 is 1.47 bits per heavy atom. The Morgan fingerprint density at radius 2 is 2.11 bits per heavy atom. The van der Waals surface area contributed by atoms with Gasteiger partial charge < -0.3 is 5.32 Å². The van der Waals surface area contributed by atoms with E-state index in [4.69, 9.17) is 23.2 Å². The summed E-state index contributed by atoms with van der Waals surface area (Å²) in [6.07, 6.45) is 0.540. The zero-order valence-corrected chi connectivity index (χ0v) is 12.1. The fourth-order valence-corrected chi connectivity index (χ4v) is 2.29. The lowest BCUT2D eigenvalue weighted by Crippen LogP contribution is -2.44. The molecule has 1 aromatic rings. The van der Waals surface area contributed by atoms with Crippen LogP contribution in [0.1, 0.15) is 30.6 Å². The molecule has 0 saturated carbocycles. The lowest BCUT2D eigenvalue weighted by atomic mass is 10.0. The fraction of sp³-hybridized carbons (Fsp3) is 0.417. The quantitative estimate of drug-likeness (QED) is 0.515. The Bertz CT molecular complexity index is 504. The summed E-state index contributed by atoms with van der Waals surface area (Å²) in [5.74, 6) is -0.204. The van der Waals surface area contributed by atoms with Crippen LogP contribution in [0.25, 0.3) is 0 Å². The van der Waals surface area contributed by atoms with Gasteiger partial charge in [-0.1, -0.05) is 17.7 Å². The van der Waals surface area contributed by atoms with E-state index in [1.54, 1.807) is 13.8 Å². The fourth-order valence-electron chi connectivity index (χ4n) is 1.56. The van der Waals surface area contributed by atoms with Crippen LogP contribution in [0, 0.1) is 10.1 Å². The highest BCUT2D eigenvalue weighted by molar-refractivity contribution is 6.34. The summed E-state index contributed by atoms with van der Waals surface area (Å²) in [5, 5.41) is 13.7. The van der Waals surface area contributed by atoms with Gasteiger partial charge in [0.25, 0.3) is 11.6 Å². The predicted octanol–water partition coefficient (Wildman–Crippen LogP) is 3.39. The number of rotatable bonds is 5. The third-order valence-corrected chi connectivity index (χ3v) is 3.09. The summed E-state index contributed by atoms with van der Waals surface area (Å²) in [7, 11) is 0. The maximum atomic E-state index is 12.1. The topological polar surface area (TPSA) is 72.2 Å². The van der Waals surface area contributed by atoms with Gasteiger partial charge in [-0.25, -0.2) is 0 Å². The van der Waals surface area contributed by atoms with Crippen molar-refractivity contribution in [2.75, 3.05) is 5.88 Å². The Kier molecular flexibility index (Phi) is 5.14. The number of benzene rings is 1. The zero-order chi connectivity index (χ0) is 14.6. The van der Waals surface area contributed by atoms with Gasteiger partial charge in [-0.05, 0) is 26.3 Å². The summed E-state index contributed by atoms with van der Waals surface area (Å²) >= 11 is 11.5. The number of nitro benzene ring substituents is 1. The number of nitrogens with zero attached hydrogens (tertiary/aromatic N) is 1. The van der Waals surface area contributed by atoms with E-state index in [-0.39, 0.29) is 16.3 Å². The summed E-state index contributed by atoms with van der Waals surface area (Å²) in [6.45, 7) is 3.58. The van der Waals surface area contributed by atoms with Crippen LogP contribution < -0.4 is 5.32 Å². The molecule has 0 heterocycles. The highest BCUT2D eigenvalue weighted by atomic mass is 35.5. The molecule has 1 rings (SSSR count). The number of carbonyl (C=O) groups excluding carboxylic acids is 1. The van der Waals surface area contributed by atoms with Crippen LogP contribution in [0.3, 0.4) is 0 Å². The van der Waals surface area contributed by atoms with Crippen LogP contribution in [0.2, 0.25) is 5.02 Å². The number of nitro groups is 1. The van der Waals surface area contributed by atoms with Crippen molar-refractivity contribution < 1.29 is 9.72 Å². The van der Waals surface area contributed by atoms with Crippen molar-refractivity contribution in [2.24, 2.45) is 0 Å². The van der Waals surface area contributed by atoms with Crippen molar-refractivity contribution in [1.29, 1.82) is 0 Å². The molecule has 0 aliphatic rings. The van der Waals surface area contributed by atoms with E-state index in [2.05, 4.69) is 5.32 Å². The average Bonchev–Trinajstić information content (AvgIpc) is 2.27. The molecule has 0 aromatic heterocycles. The minimum absolute atomic E-state index is 0.0494. The second-order valence-corrected chi connectivity index (χ2v) is 5.45. The maximum absolute atomic E-state index is 12.1. The lowest BCUT2D eigenvalue weighted by Gasteiger charge is -2.25. The minimum atomic E-state index is -0.630. The van der Waals surface area contributed by atoms with Crippen molar-refractivity contribution in [1.82, 2.24) is 5.32 Å². The molecule has 0 fully saturated rings. The number of amides is 1. The Hall–Kier alpha value is -1.33. The van der Waals surface area contributed by atoms with E-state index < -0.39 is 16.4 Å². The molecule has 1 amide bonds. The van der Waals surface area contributed by atoms with Crippen molar-refractivity contribution in [3.05, 3.63) is 38.9 Å². The SMILES string of the molecule is CC(C)(CCCl)NC(=O)c1c(Cl)cccc1[N+](=O)[O-]. The van der Waals surface area contributed by atoms with Crippen molar-refractivity contribution in [3.63, 3.8) is 0 Å². The molecule has 1 N–H and O–H groups in total. The van der Waals surface area contributed by atoms with Gasteiger partial charge in [0.15, 0.2) is 0 Å². The minimum Gasteiger partial charge on any atom is -0.347 e.